The lowest BCUT2D eigenvalue weighted by molar-refractivity contribution is 0.200. The molecule has 27 heavy (non-hydrogen) atoms. The van der Waals surface area contributed by atoms with Gasteiger partial charge in [0.1, 0.15) is 36.2 Å². The van der Waals surface area contributed by atoms with Crippen LogP contribution in [0.1, 0.15) is 0 Å². The molecule has 0 fully saturated rings. The molecule has 0 aliphatic rings. The highest BCUT2D eigenvalue weighted by Crippen LogP contribution is 2.29. The van der Waals surface area contributed by atoms with Crippen molar-refractivity contribution in [1.29, 1.82) is 0 Å². The summed E-state index contributed by atoms with van der Waals surface area (Å²) in [5.74, 6) is 2.08. The van der Waals surface area contributed by atoms with Crippen LogP contribution in [-0.4, -0.2) is 55.2 Å². The predicted molar refractivity (Wildman–Crippen MR) is 113 cm³/mol. The van der Waals surface area contributed by atoms with Crippen LogP contribution in [0.25, 0.3) is 0 Å². The van der Waals surface area contributed by atoms with Crippen molar-refractivity contribution in [2.24, 2.45) is 0 Å². The minimum absolute atomic E-state index is 0.00362. The van der Waals surface area contributed by atoms with Crippen LogP contribution in [0.15, 0.2) is 45.3 Å². The highest BCUT2D eigenvalue weighted by atomic mass is 79.9. The summed E-state index contributed by atoms with van der Waals surface area (Å²) in [6.07, 6.45) is 1.47. The first-order chi connectivity index (χ1) is 13.0. The van der Waals surface area contributed by atoms with Crippen molar-refractivity contribution in [3.05, 3.63) is 45.3 Å². The van der Waals surface area contributed by atoms with Crippen molar-refractivity contribution in [3.63, 3.8) is 0 Å². The largest absolute Gasteiger partial charge is 0.508 e. The van der Waals surface area contributed by atoms with Crippen molar-refractivity contribution in [1.82, 2.24) is 0 Å². The summed E-state index contributed by atoms with van der Waals surface area (Å²) in [4.78, 5) is 0. The fraction of sp³-hybridized carbons (Fsp3) is 0.333. The maximum absolute atomic E-state index is 9.07. The molecule has 0 atom stereocenters. The summed E-state index contributed by atoms with van der Waals surface area (Å²) in [6, 6.07) is 10.2. The fourth-order valence-electron chi connectivity index (χ4n) is 1.64. The van der Waals surface area contributed by atoms with Crippen LogP contribution in [0.2, 0.25) is 0 Å². The topological polar surface area (TPSA) is 88.4 Å². The first-order valence-electron chi connectivity index (χ1n) is 7.69. The number of ether oxygens (including phenoxy) is 3. The van der Waals surface area contributed by atoms with E-state index >= 15 is 0 Å². The van der Waals surface area contributed by atoms with Gasteiger partial charge in [-0.05, 0) is 56.1 Å². The summed E-state index contributed by atoms with van der Waals surface area (Å²) in [5.41, 5.74) is 0. The zero-order valence-corrected chi connectivity index (χ0v) is 18.9. The summed E-state index contributed by atoms with van der Waals surface area (Å²) in [5, 5.41) is 26.1. The third kappa shape index (κ3) is 10.7. The molecule has 6 nitrogen and oxygen atoms in total. The Morgan fingerprint density at radius 2 is 1.33 bits per heavy atom. The lowest BCUT2D eigenvalue weighted by Crippen LogP contribution is -2.02. The lowest BCUT2D eigenvalue weighted by atomic mass is 10.3. The second kappa shape index (κ2) is 15.8. The number of benzene rings is 2. The number of aliphatic hydroxyl groups excluding tert-OH is 2. The van der Waals surface area contributed by atoms with Crippen molar-refractivity contribution in [2.45, 2.75) is 0 Å². The molecule has 3 N–H and O–H groups in total. The van der Waals surface area contributed by atoms with Gasteiger partial charge in [0.05, 0.1) is 29.3 Å². The van der Waals surface area contributed by atoms with Crippen LogP contribution in [0.5, 0.6) is 23.0 Å². The van der Waals surface area contributed by atoms with E-state index in [0.717, 1.165) is 14.7 Å². The van der Waals surface area contributed by atoms with E-state index in [0.29, 0.717) is 11.5 Å². The Hall–Kier alpha value is -1.19. The summed E-state index contributed by atoms with van der Waals surface area (Å²) < 4.78 is 17.0. The highest BCUT2D eigenvalue weighted by molar-refractivity contribution is 9.10. The first kappa shape index (κ1) is 25.8. The number of aliphatic hydroxyl groups is 2. The van der Waals surface area contributed by atoms with Gasteiger partial charge in [0, 0.05) is 18.5 Å². The average Bonchev–Trinajstić information content (AvgIpc) is 2.70. The summed E-state index contributed by atoms with van der Waals surface area (Å²) in [6.45, 7) is 0.472. The number of aromatic hydroxyl groups is 1. The first-order valence-corrected chi connectivity index (χ1v) is 10.0. The molecular weight excluding hydrogens is 507 g/mol. The molecule has 152 valence electrons. The van der Waals surface area contributed by atoms with E-state index in [2.05, 4.69) is 43.5 Å². The standard InChI is InChI=1S/C9H11BrO3.C8H9BrO3.CH3Cl/c1-12-7-2-3-8(10)9(6-7)13-5-4-11;9-7-2-1-6(11)5-8(7)12-4-3-10;1-2/h2-3,6,11H,4-5H2,1H3;1-2,5,10-11H,3-4H2;1H3. The van der Waals surface area contributed by atoms with Gasteiger partial charge in [-0.2, -0.15) is 0 Å². The number of hydrogen-bond acceptors (Lipinski definition) is 6. The molecule has 2 aromatic carbocycles. The number of alkyl halides is 1. The molecule has 0 bridgehead atoms. The van der Waals surface area contributed by atoms with E-state index in [1.165, 1.54) is 12.4 Å². The molecule has 2 aromatic rings. The Kier molecular flexibility index (Phi) is 15.1. The molecule has 0 aromatic heterocycles. The van der Waals surface area contributed by atoms with Gasteiger partial charge in [-0.15, -0.1) is 11.6 Å². The van der Waals surface area contributed by atoms with Crippen LogP contribution in [-0.2, 0) is 0 Å². The number of methoxy groups -OCH3 is 1. The van der Waals surface area contributed by atoms with Gasteiger partial charge in [-0.25, -0.2) is 0 Å². The normalized spacial score (nSPS) is 9.30. The van der Waals surface area contributed by atoms with E-state index in [9.17, 15) is 0 Å². The number of hydrogen-bond donors (Lipinski definition) is 3. The minimum atomic E-state index is -0.0396. The van der Waals surface area contributed by atoms with Crippen molar-refractivity contribution >= 4 is 43.5 Å². The van der Waals surface area contributed by atoms with Crippen LogP contribution < -0.4 is 14.2 Å². The zero-order valence-electron chi connectivity index (χ0n) is 15.0. The van der Waals surface area contributed by atoms with Gasteiger partial charge < -0.3 is 29.5 Å². The third-order valence-corrected chi connectivity index (χ3v) is 4.06. The van der Waals surface area contributed by atoms with Gasteiger partial charge in [0.15, 0.2) is 0 Å². The molecule has 0 saturated heterocycles. The second-order valence-corrected chi connectivity index (χ2v) is 6.26. The van der Waals surface area contributed by atoms with Crippen molar-refractivity contribution in [2.75, 3.05) is 39.9 Å². The van der Waals surface area contributed by atoms with Crippen LogP contribution in [0.4, 0.5) is 0 Å². The molecule has 0 heterocycles. The molecule has 0 spiro atoms. The van der Waals surface area contributed by atoms with Crippen LogP contribution in [0, 0.1) is 0 Å². The van der Waals surface area contributed by atoms with Gasteiger partial charge >= 0.3 is 0 Å². The maximum atomic E-state index is 9.07. The molecule has 2 rings (SSSR count). The Bertz CT molecular complexity index is 658. The van der Waals surface area contributed by atoms with Crippen LogP contribution in [0.3, 0.4) is 0 Å². The summed E-state index contributed by atoms with van der Waals surface area (Å²) >= 11 is 11.2. The van der Waals surface area contributed by atoms with Crippen molar-refractivity contribution in [3.8, 4) is 23.0 Å². The van der Waals surface area contributed by atoms with E-state index in [1.54, 1.807) is 25.3 Å². The lowest BCUT2D eigenvalue weighted by Gasteiger charge is -2.08. The number of rotatable bonds is 7. The minimum Gasteiger partial charge on any atom is -0.508 e. The second-order valence-electron chi connectivity index (χ2n) is 4.56. The Morgan fingerprint density at radius 3 is 1.81 bits per heavy atom. The van der Waals surface area contributed by atoms with Gasteiger partial charge in [0.25, 0.3) is 0 Å². The molecule has 0 unspecified atom stereocenters. The van der Waals surface area contributed by atoms with E-state index in [4.69, 9.17) is 29.5 Å². The Morgan fingerprint density at radius 1 is 0.852 bits per heavy atom. The predicted octanol–water partition coefficient (Wildman–Crippen LogP) is 4.21. The molecule has 0 amide bonds. The summed E-state index contributed by atoms with van der Waals surface area (Å²) in [7, 11) is 1.60. The molecule has 0 aliphatic heterocycles. The van der Waals surface area contributed by atoms with E-state index in [1.807, 2.05) is 12.1 Å². The Labute approximate surface area is 180 Å². The molecule has 0 radical (unpaired) electrons. The highest BCUT2D eigenvalue weighted by Gasteiger charge is 2.02. The van der Waals surface area contributed by atoms with Crippen LogP contribution >= 0.6 is 43.5 Å². The SMILES string of the molecule is CCl.COc1ccc(Br)c(OCCO)c1.OCCOc1cc(O)ccc1Br. The quantitative estimate of drug-likeness (QED) is 0.465. The Balaban J connectivity index is 0.000000460. The van der Waals surface area contributed by atoms with E-state index < -0.39 is 0 Å². The number of phenolic OH excluding ortho intramolecular Hbond substituents is 1. The fourth-order valence-corrected chi connectivity index (χ4v) is 2.36. The smallest absolute Gasteiger partial charge is 0.137 e. The van der Waals surface area contributed by atoms with E-state index in [-0.39, 0.29) is 32.2 Å². The monoisotopic (exact) mass is 528 g/mol. The van der Waals surface area contributed by atoms with Gasteiger partial charge in [-0.3, -0.25) is 0 Å². The number of phenols is 1. The zero-order chi connectivity index (χ0) is 20.7. The van der Waals surface area contributed by atoms with Gasteiger partial charge in [-0.1, -0.05) is 0 Å². The van der Waals surface area contributed by atoms with Crippen molar-refractivity contribution < 1.29 is 29.5 Å². The number of halogens is 3. The van der Waals surface area contributed by atoms with Gasteiger partial charge in [0.2, 0.25) is 0 Å². The molecule has 9 heteroatoms. The molecule has 0 saturated carbocycles. The molecule has 0 aliphatic carbocycles. The average molecular weight is 531 g/mol. The maximum Gasteiger partial charge on any atom is 0.137 e. The third-order valence-electron chi connectivity index (χ3n) is 2.75. The molecular formula is C18H23Br2ClO6.